The predicted octanol–water partition coefficient (Wildman–Crippen LogP) is 1.09. The molecule has 96 valence electrons. The fraction of sp³-hybridized carbons (Fsp3) is 0.417. The first kappa shape index (κ1) is 12.8. The van der Waals surface area contributed by atoms with Crippen LogP contribution in [-0.4, -0.2) is 40.8 Å². The van der Waals surface area contributed by atoms with Crippen LogP contribution in [0.2, 0.25) is 5.02 Å². The molecular formula is C12H14ClN3O2. The molecule has 1 aromatic heterocycles. The number of pyridine rings is 1. The Bertz CT molecular complexity index is 478. The van der Waals surface area contributed by atoms with Gasteiger partial charge in [0.2, 0.25) is 5.91 Å². The first-order chi connectivity index (χ1) is 8.65. The van der Waals surface area contributed by atoms with E-state index in [1.807, 2.05) is 6.92 Å². The van der Waals surface area contributed by atoms with Crippen molar-refractivity contribution < 1.29 is 9.59 Å². The summed E-state index contributed by atoms with van der Waals surface area (Å²) in [5, 5.41) is 3.06. The molecule has 5 nitrogen and oxygen atoms in total. The molecule has 0 aliphatic carbocycles. The number of hydrogen-bond donors (Lipinski definition) is 1. The van der Waals surface area contributed by atoms with Crippen molar-refractivity contribution in [1.29, 1.82) is 0 Å². The van der Waals surface area contributed by atoms with Crippen molar-refractivity contribution in [2.24, 2.45) is 0 Å². The maximum Gasteiger partial charge on any atom is 0.256 e. The lowest BCUT2D eigenvalue weighted by atomic mass is 10.1. The number of amides is 2. The van der Waals surface area contributed by atoms with Gasteiger partial charge in [-0.1, -0.05) is 18.5 Å². The van der Waals surface area contributed by atoms with Crippen molar-refractivity contribution in [1.82, 2.24) is 15.2 Å². The highest BCUT2D eigenvalue weighted by molar-refractivity contribution is 6.33. The van der Waals surface area contributed by atoms with Gasteiger partial charge in [0.25, 0.3) is 5.91 Å². The van der Waals surface area contributed by atoms with Crippen LogP contribution in [0.5, 0.6) is 0 Å². The smallest absolute Gasteiger partial charge is 0.256 e. The Balaban J connectivity index is 2.27. The molecular weight excluding hydrogens is 254 g/mol. The first-order valence-corrected chi connectivity index (χ1v) is 6.21. The molecule has 1 aliphatic heterocycles. The summed E-state index contributed by atoms with van der Waals surface area (Å²) >= 11 is 5.96. The molecule has 1 saturated heterocycles. The van der Waals surface area contributed by atoms with Crippen molar-refractivity contribution in [3.05, 3.63) is 29.0 Å². The summed E-state index contributed by atoms with van der Waals surface area (Å²) in [5.74, 6) is -0.327. The zero-order valence-electron chi connectivity index (χ0n) is 10.0. The molecule has 1 N–H and O–H groups in total. The summed E-state index contributed by atoms with van der Waals surface area (Å²) < 4.78 is 0. The molecule has 6 heteroatoms. The molecule has 0 saturated carbocycles. The van der Waals surface area contributed by atoms with E-state index < -0.39 is 6.04 Å². The molecule has 2 rings (SSSR count). The third kappa shape index (κ3) is 2.31. The van der Waals surface area contributed by atoms with Gasteiger partial charge in [0, 0.05) is 25.5 Å². The fourth-order valence-electron chi connectivity index (χ4n) is 2.07. The highest BCUT2D eigenvalue weighted by atomic mass is 35.5. The van der Waals surface area contributed by atoms with E-state index in [4.69, 9.17) is 11.6 Å². The lowest BCUT2D eigenvalue weighted by Crippen LogP contribution is -2.56. The first-order valence-electron chi connectivity index (χ1n) is 5.83. The van der Waals surface area contributed by atoms with Gasteiger partial charge in [0.05, 0.1) is 10.6 Å². The number of piperazine rings is 1. The summed E-state index contributed by atoms with van der Waals surface area (Å²) in [7, 11) is 0. The van der Waals surface area contributed by atoms with Gasteiger partial charge in [-0.15, -0.1) is 0 Å². The average molecular weight is 268 g/mol. The Labute approximate surface area is 110 Å². The van der Waals surface area contributed by atoms with Gasteiger partial charge in [-0.2, -0.15) is 0 Å². The standard InChI is InChI=1S/C12H14ClN3O2/c1-2-10-11(17)15-5-6-16(10)12(18)8-3-4-14-7-9(8)13/h3-4,7,10H,2,5-6H2,1H3,(H,15,17). The minimum atomic E-state index is -0.421. The van der Waals surface area contributed by atoms with Gasteiger partial charge in [-0.3, -0.25) is 14.6 Å². The molecule has 0 bridgehead atoms. The highest BCUT2D eigenvalue weighted by Crippen LogP contribution is 2.19. The minimum Gasteiger partial charge on any atom is -0.353 e. The van der Waals surface area contributed by atoms with Crippen molar-refractivity contribution in [3.63, 3.8) is 0 Å². The Morgan fingerprint density at radius 1 is 1.67 bits per heavy atom. The summed E-state index contributed by atoms with van der Waals surface area (Å²) in [4.78, 5) is 29.5. The molecule has 1 fully saturated rings. The number of nitrogens with zero attached hydrogens (tertiary/aromatic N) is 2. The van der Waals surface area contributed by atoms with Crippen LogP contribution in [0.3, 0.4) is 0 Å². The van der Waals surface area contributed by atoms with Gasteiger partial charge in [0.1, 0.15) is 6.04 Å². The maximum absolute atomic E-state index is 12.4. The number of aromatic nitrogens is 1. The van der Waals surface area contributed by atoms with E-state index in [1.165, 1.54) is 12.4 Å². The van der Waals surface area contributed by atoms with Crippen LogP contribution >= 0.6 is 11.6 Å². The van der Waals surface area contributed by atoms with Crippen LogP contribution in [0, 0.1) is 0 Å². The van der Waals surface area contributed by atoms with Gasteiger partial charge >= 0.3 is 0 Å². The molecule has 2 amide bonds. The third-order valence-electron chi connectivity index (χ3n) is 2.98. The topological polar surface area (TPSA) is 62.3 Å². The Morgan fingerprint density at radius 2 is 2.44 bits per heavy atom. The van der Waals surface area contributed by atoms with Crippen molar-refractivity contribution in [2.45, 2.75) is 19.4 Å². The molecule has 1 aliphatic rings. The molecule has 0 aromatic carbocycles. The third-order valence-corrected chi connectivity index (χ3v) is 3.28. The number of halogens is 1. The Hall–Kier alpha value is -1.62. The summed E-state index contributed by atoms with van der Waals surface area (Å²) in [6.07, 6.45) is 3.53. The highest BCUT2D eigenvalue weighted by Gasteiger charge is 2.32. The van der Waals surface area contributed by atoms with Gasteiger partial charge in [-0.25, -0.2) is 0 Å². The van der Waals surface area contributed by atoms with Crippen molar-refractivity contribution in [2.75, 3.05) is 13.1 Å². The summed E-state index contributed by atoms with van der Waals surface area (Å²) in [6.45, 7) is 2.86. The van der Waals surface area contributed by atoms with Crippen molar-refractivity contribution in [3.8, 4) is 0 Å². The number of rotatable bonds is 2. The zero-order chi connectivity index (χ0) is 13.1. The number of carbonyl (C=O) groups is 2. The summed E-state index contributed by atoms with van der Waals surface area (Å²) in [6, 6.07) is 1.15. The van der Waals surface area contributed by atoms with Crippen LogP contribution in [0.25, 0.3) is 0 Å². The maximum atomic E-state index is 12.4. The molecule has 0 spiro atoms. The number of carbonyl (C=O) groups excluding carboxylic acids is 2. The quantitative estimate of drug-likeness (QED) is 0.872. The number of hydrogen-bond acceptors (Lipinski definition) is 3. The average Bonchev–Trinajstić information content (AvgIpc) is 2.38. The lowest BCUT2D eigenvalue weighted by Gasteiger charge is -2.34. The van der Waals surface area contributed by atoms with Gasteiger partial charge in [-0.05, 0) is 12.5 Å². The second-order valence-corrected chi connectivity index (χ2v) is 4.48. The van der Waals surface area contributed by atoms with E-state index in [0.29, 0.717) is 30.1 Å². The van der Waals surface area contributed by atoms with E-state index in [0.717, 1.165) is 0 Å². The largest absolute Gasteiger partial charge is 0.353 e. The molecule has 2 heterocycles. The van der Waals surface area contributed by atoms with E-state index in [2.05, 4.69) is 10.3 Å². The van der Waals surface area contributed by atoms with E-state index in [9.17, 15) is 9.59 Å². The molecule has 0 radical (unpaired) electrons. The molecule has 18 heavy (non-hydrogen) atoms. The molecule has 1 unspecified atom stereocenters. The molecule has 1 aromatic rings. The van der Waals surface area contributed by atoms with E-state index in [1.54, 1.807) is 11.0 Å². The van der Waals surface area contributed by atoms with Crippen LogP contribution in [-0.2, 0) is 4.79 Å². The van der Waals surface area contributed by atoms with Crippen LogP contribution < -0.4 is 5.32 Å². The zero-order valence-corrected chi connectivity index (χ0v) is 10.8. The van der Waals surface area contributed by atoms with Gasteiger partial charge in [0.15, 0.2) is 0 Å². The second-order valence-electron chi connectivity index (χ2n) is 4.07. The molecule has 1 atom stereocenters. The van der Waals surface area contributed by atoms with E-state index >= 15 is 0 Å². The van der Waals surface area contributed by atoms with Crippen molar-refractivity contribution >= 4 is 23.4 Å². The van der Waals surface area contributed by atoms with Crippen LogP contribution in [0.1, 0.15) is 23.7 Å². The predicted molar refractivity (Wildman–Crippen MR) is 67.4 cm³/mol. The van der Waals surface area contributed by atoms with Gasteiger partial charge < -0.3 is 10.2 Å². The van der Waals surface area contributed by atoms with Crippen LogP contribution in [0.15, 0.2) is 18.5 Å². The fourth-order valence-corrected chi connectivity index (χ4v) is 2.27. The monoisotopic (exact) mass is 267 g/mol. The Kier molecular flexibility index (Phi) is 3.81. The summed E-state index contributed by atoms with van der Waals surface area (Å²) in [5.41, 5.74) is 0.389. The Morgan fingerprint density at radius 3 is 3.11 bits per heavy atom. The second kappa shape index (κ2) is 5.35. The van der Waals surface area contributed by atoms with E-state index in [-0.39, 0.29) is 11.8 Å². The number of nitrogens with one attached hydrogen (secondary N) is 1. The SMILES string of the molecule is CCC1C(=O)NCCN1C(=O)c1ccncc1Cl. The normalized spacial score (nSPS) is 19.6. The minimum absolute atomic E-state index is 0.109. The lowest BCUT2D eigenvalue weighted by molar-refractivity contribution is -0.127. The van der Waals surface area contributed by atoms with Crippen LogP contribution in [0.4, 0.5) is 0 Å².